The Morgan fingerprint density at radius 1 is 1.06 bits per heavy atom. The summed E-state index contributed by atoms with van der Waals surface area (Å²) in [7, 11) is 0. The molecule has 2 aliphatic heterocycles. The van der Waals surface area contributed by atoms with Gasteiger partial charge in [-0.1, -0.05) is 34.5 Å². The first-order chi connectivity index (χ1) is 16.0. The lowest BCUT2D eigenvalue weighted by atomic mass is 9.95. The van der Waals surface area contributed by atoms with Crippen molar-refractivity contribution in [3.8, 4) is 11.4 Å². The van der Waals surface area contributed by atoms with Crippen molar-refractivity contribution in [1.82, 2.24) is 15.0 Å². The van der Waals surface area contributed by atoms with Crippen LogP contribution in [-0.2, 0) is 9.59 Å². The highest BCUT2D eigenvalue weighted by molar-refractivity contribution is 6.30. The summed E-state index contributed by atoms with van der Waals surface area (Å²) in [5.41, 5.74) is 2.85. The van der Waals surface area contributed by atoms with E-state index in [0.717, 1.165) is 29.7 Å². The van der Waals surface area contributed by atoms with E-state index in [1.165, 1.54) is 0 Å². The van der Waals surface area contributed by atoms with Gasteiger partial charge in [-0.15, -0.1) is 0 Å². The second-order valence-corrected chi connectivity index (χ2v) is 9.24. The number of carbonyl (C=O) groups is 2. The molecule has 3 aromatic rings. The zero-order valence-corrected chi connectivity index (χ0v) is 19.2. The third kappa shape index (κ3) is 4.50. The summed E-state index contributed by atoms with van der Waals surface area (Å²) in [6, 6.07) is 15.2. The fraction of sp³-hybridized carbons (Fsp3) is 0.360. The highest BCUT2D eigenvalue weighted by Crippen LogP contribution is 2.31. The third-order valence-corrected chi connectivity index (χ3v) is 6.77. The zero-order valence-electron chi connectivity index (χ0n) is 18.4. The van der Waals surface area contributed by atoms with Crippen molar-refractivity contribution in [3.63, 3.8) is 0 Å². The summed E-state index contributed by atoms with van der Waals surface area (Å²) in [6.45, 7) is 3.70. The molecular weight excluding hydrogens is 440 g/mol. The van der Waals surface area contributed by atoms with Crippen LogP contribution in [-0.4, -0.2) is 46.5 Å². The Balaban J connectivity index is 1.18. The average Bonchev–Trinajstić information content (AvgIpc) is 3.47. The SMILES string of the molecule is Cc1ccc(N2C[C@@H](C(=O)N3CCC(c4nc(-c5ccc(Cl)cc5)no4)CC3)CC2=O)cc1. The molecule has 1 aromatic heterocycles. The smallest absolute Gasteiger partial charge is 0.230 e. The van der Waals surface area contributed by atoms with Crippen LogP contribution in [0.15, 0.2) is 53.1 Å². The maximum Gasteiger partial charge on any atom is 0.230 e. The quantitative estimate of drug-likeness (QED) is 0.569. The summed E-state index contributed by atoms with van der Waals surface area (Å²) in [5, 5.41) is 4.76. The van der Waals surface area contributed by atoms with E-state index in [9.17, 15) is 9.59 Å². The van der Waals surface area contributed by atoms with Gasteiger partial charge in [0.15, 0.2) is 0 Å². The maximum absolute atomic E-state index is 13.1. The molecule has 0 bridgehead atoms. The molecule has 0 unspecified atom stereocenters. The van der Waals surface area contributed by atoms with Crippen LogP contribution in [0.25, 0.3) is 11.4 Å². The predicted octanol–water partition coefficient (Wildman–Crippen LogP) is 4.46. The minimum absolute atomic E-state index is 0.00711. The Morgan fingerprint density at radius 3 is 2.45 bits per heavy atom. The number of aromatic nitrogens is 2. The Morgan fingerprint density at radius 2 is 1.76 bits per heavy atom. The standard InChI is InChI=1S/C25H25ClN4O3/c1-16-2-8-21(9-3-16)30-15-19(14-22(30)31)25(32)29-12-10-18(11-13-29)24-27-23(28-33-24)17-4-6-20(26)7-5-17/h2-9,18-19H,10-15H2,1H3/t19-/m0/s1. The van der Waals surface area contributed by atoms with E-state index in [0.29, 0.717) is 36.4 Å². The van der Waals surface area contributed by atoms with E-state index in [-0.39, 0.29) is 30.1 Å². The summed E-state index contributed by atoms with van der Waals surface area (Å²) in [6.07, 6.45) is 1.79. The zero-order chi connectivity index (χ0) is 22.9. The largest absolute Gasteiger partial charge is 0.342 e. The number of hydrogen-bond acceptors (Lipinski definition) is 5. The number of rotatable bonds is 4. The van der Waals surface area contributed by atoms with Crippen LogP contribution in [0.3, 0.4) is 0 Å². The predicted molar refractivity (Wildman–Crippen MR) is 125 cm³/mol. The van der Waals surface area contributed by atoms with Gasteiger partial charge in [0.25, 0.3) is 0 Å². The van der Waals surface area contributed by atoms with Crippen LogP contribution in [0.5, 0.6) is 0 Å². The van der Waals surface area contributed by atoms with E-state index < -0.39 is 0 Å². The molecule has 2 aliphatic rings. The first-order valence-electron chi connectivity index (χ1n) is 11.2. The van der Waals surface area contributed by atoms with Crippen molar-refractivity contribution in [2.45, 2.75) is 32.1 Å². The van der Waals surface area contributed by atoms with Gasteiger partial charge in [0.05, 0.1) is 5.92 Å². The molecule has 2 saturated heterocycles. The molecule has 170 valence electrons. The number of nitrogens with zero attached hydrogens (tertiary/aromatic N) is 4. The van der Waals surface area contributed by atoms with Crippen molar-refractivity contribution in [3.05, 3.63) is 65.0 Å². The van der Waals surface area contributed by atoms with Crippen LogP contribution in [0.1, 0.15) is 36.6 Å². The fourth-order valence-corrected chi connectivity index (χ4v) is 4.70. The number of anilines is 1. The minimum atomic E-state index is -0.296. The Kier molecular flexibility index (Phi) is 5.89. The van der Waals surface area contributed by atoms with Crippen LogP contribution in [0, 0.1) is 12.8 Å². The van der Waals surface area contributed by atoms with Crippen molar-refractivity contribution < 1.29 is 14.1 Å². The molecule has 0 N–H and O–H groups in total. The van der Waals surface area contributed by atoms with Gasteiger partial charge < -0.3 is 14.3 Å². The van der Waals surface area contributed by atoms with E-state index >= 15 is 0 Å². The minimum Gasteiger partial charge on any atom is -0.342 e. The third-order valence-electron chi connectivity index (χ3n) is 6.52. The monoisotopic (exact) mass is 464 g/mol. The molecular formula is C25H25ClN4O3. The maximum atomic E-state index is 13.1. The normalized spacial score (nSPS) is 19.3. The van der Waals surface area contributed by atoms with Crippen molar-refractivity contribution >= 4 is 29.1 Å². The number of likely N-dealkylation sites (tertiary alicyclic amines) is 1. The lowest BCUT2D eigenvalue weighted by molar-refractivity contribution is -0.136. The molecule has 2 amide bonds. The van der Waals surface area contributed by atoms with Crippen molar-refractivity contribution in [2.75, 3.05) is 24.5 Å². The van der Waals surface area contributed by atoms with Crippen LogP contribution >= 0.6 is 11.6 Å². The molecule has 7 nitrogen and oxygen atoms in total. The topological polar surface area (TPSA) is 79.5 Å². The lowest BCUT2D eigenvalue weighted by Crippen LogP contribution is -2.42. The van der Waals surface area contributed by atoms with Gasteiger partial charge in [0.1, 0.15) is 0 Å². The molecule has 0 spiro atoms. The highest BCUT2D eigenvalue weighted by atomic mass is 35.5. The molecule has 3 heterocycles. The lowest BCUT2D eigenvalue weighted by Gasteiger charge is -2.32. The number of halogens is 1. The first kappa shape index (κ1) is 21.6. The fourth-order valence-electron chi connectivity index (χ4n) is 4.57. The Hall–Kier alpha value is -3.19. The number of piperidine rings is 1. The number of carbonyl (C=O) groups excluding carboxylic acids is 2. The summed E-state index contributed by atoms with van der Waals surface area (Å²) >= 11 is 5.95. The van der Waals surface area contributed by atoms with Gasteiger partial charge in [-0.05, 0) is 56.2 Å². The van der Waals surface area contributed by atoms with E-state index in [2.05, 4.69) is 10.1 Å². The number of hydrogen-bond donors (Lipinski definition) is 0. The molecule has 0 aliphatic carbocycles. The molecule has 1 atom stereocenters. The second-order valence-electron chi connectivity index (χ2n) is 8.80. The van der Waals surface area contributed by atoms with Crippen molar-refractivity contribution in [2.24, 2.45) is 5.92 Å². The molecule has 2 fully saturated rings. The van der Waals surface area contributed by atoms with Gasteiger partial charge in [-0.3, -0.25) is 9.59 Å². The van der Waals surface area contributed by atoms with Crippen LogP contribution in [0.4, 0.5) is 5.69 Å². The van der Waals surface area contributed by atoms with E-state index in [4.69, 9.17) is 16.1 Å². The Labute approximate surface area is 197 Å². The molecule has 0 saturated carbocycles. The average molecular weight is 465 g/mol. The first-order valence-corrected chi connectivity index (χ1v) is 11.6. The molecule has 8 heteroatoms. The summed E-state index contributed by atoms with van der Waals surface area (Å²) in [4.78, 5) is 33.8. The van der Waals surface area contributed by atoms with E-state index in [1.807, 2.05) is 48.2 Å². The number of amides is 2. The van der Waals surface area contributed by atoms with Crippen LogP contribution < -0.4 is 4.90 Å². The van der Waals surface area contributed by atoms with Gasteiger partial charge in [0, 0.05) is 48.2 Å². The van der Waals surface area contributed by atoms with Gasteiger partial charge in [0.2, 0.25) is 23.5 Å². The molecule has 2 aromatic carbocycles. The van der Waals surface area contributed by atoms with Crippen LogP contribution in [0.2, 0.25) is 5.02 Å². The van der Waals surface area contributed by atoms with Gasteiger partial charge >= 0.3 is 0 Å². The van der Waals surface area contributed by atoms with Crippen molar-refractivity contribution in [1.29, 1.82) is 0 Å². The molecule has 5 rings (SSSR count). The molecule has 33 heavy (non-hydrogen) atoms. The van der Waals surface area contributed by atoms with E-state index in [1.54, 1.807) is 17.0 Å². The second kappa shape index (κ2) is 8.98. The Bertz CT molecular complexity index is 1150. The molecule has 0 radical (unpaired) electrons. The van der Waals surface area contributed by atoms with Gasteiger partial charge in [-0.25, -0.2) is 0 Å². The summed E-state index contributed by atoms with van der Waals surface area (Å²) < 4.78 is 5.52. The van der Waals surface area contributed by atoms with Gasteiger partial charge in [-0.2, -0.15) is 4.98 Å². The summed E-state index contributed by atoms with van der Waals surface area (Å²) in [5.74, 6) is 1.04. The number of benzene rings is 2. The highest BCUT2D eigenvalue weighted by Gasteiger charge is 2.38. The number of aryl methyl sites for hydroxylation is 1.